The Morgan fingerprint density at radius 2 is 2.00 bits per heavy atom. The number of nitrogens with zero attached hydrogens (tertiary/aromatic N) is 2. The first-order chi connectivity index (χ1) is 7.69. The average Bonchev–Trinajstić information content (AvgIpc) is 2.62. The summed E-state index contributed by atoms with van der Waals surface area (Å²) in [6.45, 7) is 0. The summed E-state index contributed by atoms with van der Waals surface area (Å²) in [5.41, 5.74) is 0.825. The summed E-state index contributed by atoms with van der Waals surface area (Å²) in [4.78, 5) is 0. The van der Waals surface area contributed by atoms with Gasteiger partial charge in [-0.3, -0.25) is 0 Å². The number of halogens is 1. The molecule has 0 bridgehead atoms. The van der Waals surface area contributed by atoms with Crippen molar-refractivity contribution in [2.75, 3.05) is 12.4 Å². The van der Waals surface area contributed by atoms with Gasteiger partial charge >= 0.3 is 0 Å². The zero-order valence-electron chi connectivity index (χ0n) is 8.31. The zero-order valence-corrected chi connectivity index (χ0v) is 10.7. The highest BCUT2D eigenvalue weighted by Crippen LogP contribution is 2.15. The number of hydrogen-bond acceptors (Lipinski definition) is 3. The molecule has 0 saturated heterocycles. The second-order valence-corrected chi connectivity index (χ2v) is 4.65. The first-order valence-corrected chi connectivity index (χ1v) is 6.21. The smallest absolute Gasteiger partial charge is 0.271 e. The number of benzene rings is 1. The van der Waals surface area contributed by atoms with E-state index in [9.17, 15) is 4.21 Å². The van der Waals surface area contributed by atoms with Gasteiger partial charge in [-0.1, -0.05) is 15.9 Å². The van der Waals surface area contributed by atoms with E-state index in [0.717, 1.165) is 10.2 Å². The minimum absolute atomic E-state index is 0.251. The second-order valence-electron chi connectivity index (χ2n) is 2.90. The van der Waals surface area contributed by atoms with Gasteiger partial charge in [0.25, 0.3) is 17.1 Å². The van der Waals surface area contributed by atoms with Crippen molar-refractivity contribution < 1.29 is 8.95 Å². The molecule has 1 heterocycles. The second kappa shape index (κ2) is 4.75. The van der Waals surface area contributed by atoms with Crippen LogP contribution in [0.1, 0.15) is 0 Å². The average molecular weight is 302 g/mol. The highest BCUT2D eigenvalue weighted by Gasteiger charge is 2.19. The highest BCUT2D eigenvalue weighted by atomic mass is 79.9. The summed E-state index contributed by atoms with van der Waals surface area (Å²) in [7, 11) is 1.46. The molecule has 1 aromatic carbocycles. The minimum atomic E-state index is -1.58. The lowest BCUT2D eigenvalue weighted by atomic mass is 10.3. The van der Waals surface area contributed by atoms with Gasteiger partial charge in [-0.2, -0.15) is 0 Å². The molecule has 0 aliphatic carbocycles. The Morgan fingerprint density at radius 3 is 2.62 bits per heavy atom. The molecule has 84 valence electrons. The van der Waals surface area contributed by atoms with Crippen molar-refractivity contribution in [1.29, 1.82) is 0 Å². The van der Waals surface area contributed by atoms with Crippen LogP contribution in [0.5, 0.6) is 0 Å². The van der Waals surface area contributed by atoms with E-state index in [4.69, 9.17) is 4.74 Å². The lowest BCUT2D eigenvalue weighted by Crippen LogP contribution is -2.21. The largest absolute Gasteiger partial charge is 0.478 e. The molecule has 1 aliphatic heterocycles. The van der Waals surface area contributed by atoms with E-state index in [1.807, 2.05) is 24.3 Å². The molecule has 16 heavy (non-hydrogen) atoms. The van der Waals surface area contributed by atoms with Crippen LogP contribution in [0, 0.1) is 0 Å². The molecule has 1 unspecified atom stereocenters. The van der Waals surface area contributed by atoms with E-state index in [-0.39, 0.29) is 5.90 Å². The third-order valence-electron chi connectivity index (χ3n) is 1.83. The van der Waals surface area contributed by atoms with Gasteiger partial charge < -0.3 is 10.1 Å². The SMILES string of the molecule is COC1=NS(=O)N=C1Nc1ccc(Br)cc1. The number of ether oxygens (including phenoxy) is 1. The molecule has 0 fully saturated rings. The quantitative estimate of drug-likeness (QED) is 0.861. The maximum Gasteiger partial charge on any atom is 0.271 e. The molecule has 1 aliphatic rings. The van der Waals surface area contributed by atoms with Gasteiger partial charge in [0.2, 0.25) is 5.84 Å². The summed E-state index contributed by atoms with van der Waals surface area (Å²) >= 11 is 1.76. The lowest BCUT2D eigenvalue weighted by molar-refractivity contribution is 0.413. The Hall–Kier alpha value is -1.21. The van der Waals surface area contributed by atoms with E-state index >= 15 is 0 Å². The van der Waals surface area contributed by atoms with E-state index in [0.29, 0.717) is 5.84 Å². The molecule has 1 N–H and O–H groups in total. The Labute approximate surface area is 103 Å². The molecular weight excluding hydrogens is 294 g/mol. The van der Waals surface area contributed by atoms with Crippen LogP contribution >= 0.6 is 15.9 Å². The van der Waals surface area contributed by atoms with Gasteiger partial charge in [-0.25, -0.2) is 4.21 Å². The van der Waals surface area contributed by atoms with Crippen LogP contribution in [0.15, 0.2) is 37.5 Å². The summed E-state index contributed by atoms with van der Waals surface area (Å²) in [6, 6.07) is 7.50. The molecule has 5 nitrogen and oxygen atoms in total. The Morgan fingerprint density at radius 1 is 1.31 bits per heavy atom. The van der Waals surface area contributed by atoms with Crippen LogP contribution in [0.3, 0.4) is 0 Å². The maximum absolute atomic E-state index is 11.1. The van der Waals surface area contributed by atoms with Crippen molar-refractivity contribution in [2.24, 2.45) is 8.80 Å². The van der Waals surface area contributed by atoms with E-state index in [2.05, 4.69) is 30.0 Å². The Balaban J connectivity index is 2.17. The summed E-state index contributed by atoms with van der Waals surface area (Å²) in [5, 5.41) is 2.98. The van der Waals surface area contributed by atoms with Crippen molar-refractivity contribution in [3.05, 3.63) is 28.7 Å². The van der Waals surface area contributed by atoms with E-state index in [1.54, 1.807) is 0 Å². The van der Waals surface area contributed by atoms with E-state index in [1.165, 1.54) is 7.11 Å². The molecule has 0 spiro atoms. The van der Waals surface area contributed by atoms with Gasteiger partial charge in [0.1, 0.15) is 0 Å². The third-order valence-corrected chi connectivity index (χ3v) is 3.02. The normalized spacial score (nSPS) is 19.0. The molecule has 2 rings (SSSR count). The van der Waals surface area contributed by atoms with Crippen LogP contribution in [0.25, 0.3) is 0 Å². The van der Waals surface area contributed by atoms with Crippen molar-refractivity contribution in [1.82, 2.24) is 0 Å². The lowest BCUT2D eigenvalue weighted by Gasteiger charge is -2.06. The highest BCUT2D eigenvalue weighted by molar-refractivity contribution is 9.10. The fourth-order valence-corrected chi connectivity index (χ4v) is 2.02. The maximum atomic E-state index is 11.1. The zero-order chi connectivity index (χ0) is 11.5. The molecule has 7 heteroatoms. The van der Waals surface area contributed by atoms with Crippen molar-refractivity contribution in [3.63, 3.8) is 0 Å². The van der Waals surface area contributed by atoms with Gasteiger partial charge in [0.15, 0.2) is 0 Å². The number of anilines is 1. The molecule has 0 aromatic heterocycles. The predicted molar refractivity (Wildman–Crippen MR) is 67.8 cm³/mol. The molecule has 0 amide bonds. The molecule has 1 atom stereocenters. The number of hydrogen-bond donors (Lipinski definition) is 1. The fraction of sp³-hybridized carbons (Fsp3) is 0.111. The number of rotatable bonds is 1. The molecular formula is C9H8BrN3O2S. The number of amidine groups is 1. The standard InChI is InChI=1S/C9H8BrN3O2S/c1-15-9-8(12-16(14)13-9)11-7-4-2-6(10)3-5-7/h2-5H,1H3,(H,11,12). The van der Waals surface area contributed by atoms with Crippen molar-refractivity contribution in [2.45, 2.75) is 0 Å². The van der Waals surface area contributed by atoms with Crippen LogP contribution in [-0.4, -0.2) is 23.1 Å². The van der Waals surface area contributed by atoms with Crippen LogP contribution < -0.4 is 5.32 Å². The van der Waals surface area contributed by atoms with E-state index < -0.39 is 11.2 Å². The van der Waals surface area contributed by atoms with Crippen LogP contribution in [0.4, 0.5) is 5.69 Å². The summed E-state index contributed by atoms with van der Waals surface area (Å²) in [6.07, 6.45) is 0. The molecule has 0 radical (unpaired) electrons. The fourth-order valence-electron chi connectivity index (χ4n) is 1.13. The van der Waals surface area contributed by atoms with Gasteiger partial charge in [-0.15, -0.1) is 8.80 Å². The molecule has 0 saturated carbocycles. The molecule has 1 aromatic rings. The summed E-state index contributed by atoms with van der Waals surface area (Å²) in [5.74, 6) is 0.629. The van der Waals surface area contributed by atoms with Crippen LogP contribution in [0.2, 0.25) is 0 Å². The third kappa shape index (κ3) is 2.48. The van der Waals surface area contributed by atoms with Gasteiger partial charge in [-0.05, 0) is 24.3 Å². The van der Waals surface area contributed by atoms with Crippen LogP contribution in [-0.2, 0) is 15.9 Å². The first-order valence-electron chi connectivity index (χ1n) is 4.35. The predicted octanol–water partition coefficient (Wildman–Crippen LogP) is 1.90. The Kier molecular flexibility index (Phi) is 3.35. The van der Waals surface area contributed by atoms with Gasteiger partial charge in [0.05, 0.1) is 7.11 Å². The first kappa shape index (κ1) is 11.3. The monoisotopic (exact) mass is 301 g/mol. The summed E-state index contributed by atoms with van der Waals surface area (Å²) < 4.78 is 24.5. The van der Waals surface area contributed by atoms with Crippen molar-refractivity contribution in [3.8, 4) is 0 Å². The van der Waals surface area contributed by atoms with Gasteiger partial charge in [0, 0.05) is 10.2 Å². The minimum Gasteiger partial charge on any atom is -0.478 e. The van der Waals surface area contributed by atoms with Crippen molar-refractivity contribution >= 4 is 44.5 Å². The number of nitrogens with one attached hydrogen (secondary N) is 1. The topological polar surface area (TPSA) is 63.0 Å². The Bertz CT molecular complexity index is 484. The number of methoxy groups -OCH3 is 1.